The lowest BCUT2D eigenvalue weighted by atomic mass is 10.1. The molecule has 0 aromatic heterocycles. The van der Waals surface area contributed by atoms with Crippen LogP contribution >= 0.6 is 0 Å². The number of hydrogen-bond donors (Lipinski definition) is 1. The van der Waals surface area contributed by atoms with Crippen molar-refractivity contribution in [1.82, 2.24) is 0 Å². The molecule has 0 spiro atoms. The predicted molar refractivity (Wildman–Crippen MR) is 49.8 cm³/mol. The Balaban J connectivity index is 5.57. The maximum absolute atomic E-state index is 13.5. The van der Waals surface area contributed by atoms with Crippen LogP contribution in [0, 0.1) is 0 Å². The summed E-state index contributed by atoms with van der Waals surface area (Å²) in [4.78, 5) is 0. The molecule has 0 aliphatic rings. The van der Waals surface area contributed by atoms with Gasteiger partial charge < -0.3 is 5.73 Å². The summed E-state index contributed by atoms with van der Waals surface area (Å²) in [5.41, 5.74) is 4.96. The first-order chi connectivity index (χ1) is 9.37. The second kappa shape index (κ2) is 5.98. The summed E-state index contributed by atoms with van der Waals surface area (Å²) in [6.07, 6.45) is -23.0. The fourth-order valence-corrected chi connectivity index (χ4v) is 1.10. The van der Waals surface area contributed by atoms with Crippen molar-refractivity contribution in [3.63, 3.8) is 0 Å². The number of hydrogen-bond acceptors (Lipinski definition) is 2. The second-order valence-electron chi connectivity index (χ2n) is 4.43. The lowest BCUT2D eigenvalue weighted by Gasteiger charge is -2.35. The Kier molecular flexibility index (Phi) is 5.75. The van der Waals surface area contributed by atoms with Crippen LogP contribution in [0.4, 0.5) is 48.3 Å². The first kappa shape index (κ1) is 21.1. The Bertz CT molecular complexity index is 375. The summed E-state index contributed by atoms with van der Waals surface area (Å²) in [6, 6.07) is -1.18. The highest BCUT2D eigenvalue weighted by molar-refractivity contribution is 4.89. The molecule has 0 aromatic rings. The molecule has 0 fully saturated rings. The number of rotatable bonds is 6. The van der Waals surface area contributed by atoms with E-state index in [2.05, 4.69) is 4.74 Å². The van der Waals surface area contributed by atoms with Gasteiger partial charge in [0.25, 0.3) is 0 Å². The van der Waals surface area contributed by atoms with Crippen LogP contribution in [0.2, 0.25) is 0 Å². The van der Waals surface area contributed by atoms with Gasteiger partial charge in [-0.15, -0.1) is 0 Å². The van der Waals surface area contributed by atoms with Crippen LogP contribution in [0.25, 0.3) is 0 Å². The lowest BCUT2D eigenvalue weighted by molar-refractivity contribution is -0.483. The van der Waals surface area contributed by atoms with Gasteiger partial charge in [-0.1, -0.05) is 0 Å². The molecule has 2 N–H and O–H groups in total. The van der Waals surface area contributed by atoms with Crippen LogP contribution in [-0.2, 0) is 4.74 Å². The fraction of sp³-hybridized carbons (Fsp3) is 1.00. The normalized spacial score (nSPS) is 19.0. The van der Waals surface area contributed by atoms with E-state index < -0.39 is 49.1 Å². The topological polar surface area (TPSA) is 35.2 Å². The molecule has 0 saturated carbocycles. The lowest BCUT2D eigenvalue weighted by Crippen LogP contribution is -2.59. The minimum absolute atomic E-state index is 0.969. The highest BCUT2D eigenvalue weighted by Crippen LogP contribution is 2.51. The van der Waals surface area contributed by atoms with E-state index in [9.17, 15) is 48.3 Å². The Hall–Kier alpha value is -0.850. The van der Waals surface area contributed by atoms with E-state index in [1.807, 2.05) is 0 Å². The van der Waals surface area contributed by atoms with Crippen molar-refractivity contribution in [2.45, 2.75) is 56.0 Å². The average Bonchev–Trinajstić information content (AvgIpc) is 2.22. The van der Waals surface area contributed by atoms with E-state index in [0.717, 1.165) is 6.92 Å². The van der Waals surface area contributed by atoms with Gasteiger partial charge in [-0.3, -0.25) is 4.74 Å². The Labute approximate surface area is 116 Å². The molecule has 0 rings (SSSR count). The van der Waals surface area contributed by atoms with Gasteiger partial charge in [0.15, 0.2) is 0 Å². The largest absolute Gasteiger partial charge is 0.462 e. The molecule has 13 heteroatoms. The molecule has 0 aromatic carbocycles. The maximum atomic E-state index is 13.5. The van der Waals surface area contributed by atoms with Crippen LogP contribution in [0.5, 0.6) is 0 Å². The van der Waals surface area contributed by atoms with Crippen molar-refractivity contribution in [2.75, 3.05) is 0 Å². The molecule has 0 heterocycles. The van der Waals surface area contributed by atoms with Gasteiger partial charge in [-0.05, 0) is 13.3 Å². The van der Waals surface area contributed by atoms with Crippen LogP contribution < -0.4 is 5.73 Å². The Morgan fingerprint density at radius 3 is 1.50 bits per heavy atom. The highest BCUT2D eigenvalue weighted by atomic mass is 19.4. The molecule has 22 heavy (non-hydrogen) atoms. The van der Waals surface area contributed by atoms with Crippen molar-refractivity contribution in [1.29, 1.82) is 0 Å². The molecule has 0 radical (unpaired) electrons. The molecule has 0 amide bonds. The molecule has 2 atom stereocenters. The third-order valence-corrected chi connectivity index (χ3v) is 2.36. The van der Waals surface area contributed by atoms with Crippen LogP contribution in [-0.4, -0.2) is 36.3 Å². The van der Waals surface area contributed by atoms with Crippen molar-refractivity contribution in [2.24, 2.45) is 5.73 Å². The summed E-state index contributed by atoms with van der Waals surface area (Å²) in [7, 11) is 0. The molecular weight excluding hydrogens is 347 g/mol. The third-order valence-electron chi connectivity index (χ3n) is 2.36. The van der Waals surface area contributed by atoms with Gasteiger partial charge in [0.05, 0.1) is 0 Å². The van der Waals surface area contributed by atoms with Crippen LogP contribution in [0.15, 0.2) is 0 Å². The van der Waals surface area contributed by atoms with E-state index >= 15 is 0 Å². The third kappa shape index (κ3) is 4.33. The summed E-state index contributed by atoms with van der Waals surface area (Å²) >= 11 is 0. The number of alkyl halides is 11. The number of halogens is 11. The van der Waals surface area contributed by atoms with Gasteiger partial charge in [0, 0.05) is 12.5 Å². The molecule has 2 unspecified atom stereocenters. The zero-order valence-corrected chi connectivity index (χ0v) is 10.6. The number of ether oxygens (including phenoxy) is 1. The smallest absolute Gasteiger partial charge is 0.328 e. The Morgan fingerprint density at radius 2 is 1.23 bits per heavy atom. The highest BCUT2D eigenvalue weighted by Gasteiger charge is 2.78. The van der Waals surface area contributed by atoms with Crippen LogP contribution in [0.3, 0.4) is 0 Å². The summed E-state index contributed by atoms with van der Waals surface area (Å²) in [6.45, 7) is 1.03. The maximum Gasteiger partial charge on any atom is 0.462 e. The van der Waals surface area contributed by atoms with E-state index in [-0.39, 0.29) is 0 Å². The first-order valence-corrected chi connectivity index (χ1v) is 5.41. The molecule has 0 bridgehead atoms. The zero-order valence-electron chi connectivity index (χ0n) is 10.6. The van der Waals surface area contributed by atoms with Gasteiger partial charge in [0.1, 0.15) is 0 Å². The van der Waals surface area contributed by atoms with E-state index in [4.69, 9.17) is 5.73 Å². The van der Waals surface area contributed by atoms with Crippen molar-refractivity contribution in [3.05, 3.63) is 0 Å². The quantitative estimate of drug-likeness (QED) is 0.725. The predicted octanol–water partition coefficient (Wildman–Crippen LogP) is 4.15. The molecular formula is C9H10F11NO. The van der Waals surface area contributed by atoms with Gasteiger partial charge in [-0.2, -0.15) is 43.9 Å². The average molecular weight is 357 g/mol. The van der Waals surface area contributed by atoms with E-state index in [0.29, 0.717) is 0 Å². The monoisotopic (exact) mass is 357 g/mol. The summed E-state index contributed by atoms with van der Waals surface area (Å²) < 4.78 is 139. The first-order valence-electron chi connectivity index (χ1n) is 5.41. The van der Waals surface area contributed by atoms with Crippen molar-refractivity contribution in [3.8, 4) is 0 Å². The Morgan fingerprint density at radius 1 is 0.818 bits per heavy atom. The molecule has 0 aliphatic carbocycles. The standard InChI is InChI=1S/C9H10F11NO/c1-4(21)2-3-5(10,7(13,14)15)22-9(19,20)6(11,12)8(16,17)18/h4H,2-3,21H2,1H3. The summed E-state index contributed by atoms with van der Waals surface area (Å²) in [5.74, 6) is -12.5. The fourth-order valence-electron chi connectivity index (χ4n) is 1.10. The SMILES string of the molecule is CC(N)CCC(F)(OC(F)(F)C(F)(F)C(F)(F)F)C(F)(F)F. The molecule has 0 aliphatic heterocycles. The molecule has 134 valence electrons. The van der Waals surface area contributed by atoms with Crippen molar-refractivity contribution >= 4 is 0 Å². The summed E-state index contributed by atoms with van der Waals surface area (Å²) in [5, 5.41) is 0. The second-order valence-corrected chi connectivity index (χ2v) is 4.43. The van der Waals surface area contributed by atoms with E-state index in [1.54, 1.807) is 0 Å². The van der Waals surface area contributed by atoms with Gasteiger partial charge >= 0.3 is 30.2 Å². The molecule has 0 saturated heterocycles. The van der Waals surface area contributed by atoms with Gasteiger partial charge in [0.2, 0.25) is 0 Å². The van der Waals surface area contributed by atoms with Gasteiger partial charge in [-0.25, -0.2) is 4.39 Å². The van der Waals surface area contributed by atoms with Crippen LogP contribution in [0.1, 0.15) is 19.8 Å². The minimum atomic E-state index is -7.03. The molecule has 2 nitrogen and oxygen atoms in total. The minimum Gasteiger partial charge on any atom is -0.328 e. The number of nitrogens with two attached hydrogens (primary N) is 1. The van der Waals surface area contributed by atoms with Crippen molar-refractivity contribution < 1.29 is 53.0 Å². The van der Waals surface area contributed by atoms with E-state index in [1.165, 1.54) is 0 Å². The zero-order chi connectivity index (χ0) is 18.2.